The highest BCUT2D eigenvalue weighted by Crippen LogP contribution is 2.28. The van der Waals surface area contributed by atoms with Crippen LogP contribution in [-0.2, 0) is 9.59 Å². The average Bonchev–Trinajstić information content (AvgIpc) is 2.60. The van der Waals surface area contributed by atoms with Crippen LogP contribution in [0.1, 0.15) is 19.3 Å². The number of nitrogens with one attached hydrogen (secondary N) is 2. The maximum Gasteiger partial charge on any atom is 0.397 e. The highest BCUT2D eigenvalue weighted by atomic mass is 19.4. The van der Waals surface area contributed by atoms with Crippen molar-refractivity contribution in [3.05, 3.63) is 0 Å². The molecule has 0 aromatic carbocycles. The molecule has 2 rings (SSSR count). The van der Waals surface area contributed by atoms with Crippen LogP contribution in [0, 0.1) is 0 Å². The van der Waals surface area contributed by atoms with Crippen LogP contribution in [-0.4, -0.2) is 57.8 Å². The van der Waals surface area contributed by atoms with Crippen molar-refractivity contribution in [1.29, 1.82) is 0 Å². The van der Waals surface area contributed by atoms with E-state index >= 15 is 0 Å². The summed E-state index contributed by atoms with van der Waals surface area (Å²) < 4.78 is 35.8. The number of halogens is 3. The molecule has 0 aromatic rings. The van der Waals surface area contributed by atoms with Gasteiger partial charge in [0.1, 0.15) is 12.5 Å². The molecule has 8 nitrogen and oxygen atoms in total. The first-order valence-electron chi connectivity index (χ1n) is 6.13. The minimum Gasteiger partial charge on any atom is -0.309 e. The number of hydrogen-bond donors (Lipinski definition) is 3. The molecule has 0 unspecified atom stereocenters. The fourth-order valence-electron chi connectivity index (χ4n) is 2.36. The summed E-state index contributed by atoms with van der Waals surface area (Å²) in [4.78, 5) is 35.5. The second-order valence-corrected chi connectivity index (χ2v) is 4.86. The Labute approximate surface area is 116 Å². The second kappa shape index (κ2) is 5.39. The van der Waals surface area contributed by atoms with Crippen LogP contribution in [0.15, 0.2) is 0 Å². The number of carbonyl (C=O) groups is 3. The molecule has 2 fully saturated rings. The molecule has 118 valence electrons. The van der Waals surface area contributed by atoms with E-state index in [-0.39, 0.29) is 19.0 Å². The van der Waals surface area contributed by atoms with Crippen LogP contribution in [0.4, 0.5) is 18.0 Å². The van der Waals surface area contributed by atoms with Gasteiger partial charge in [-0.2, -0.15) is 13.2 Å². The van der Waals surface area contributed by atoms with Gasteiger partial charge in [0.25, 0.3) is 5.91 Å². The second-order valence-electron chi connectivity index (χ2n) is 4.86. The smallest absolute Gasteiger partial charge is 0.309 e. The summed E-state index contributed by atoms with van der Waals surface area (Å²) in [6.07, 6.45) is -5.76. The van der Waals surface area contributed by atoms with Crippen LogP contribution >= 0.6 is 0 Å². The molecule has 0 aromatic heterocycles. The number of hydroxylamine groups is 2. The molecule has 2 saturated heterocycles. The SMILES string of the molecule is O=C(CC(F)(F)F)NNC(=O)[C@@H]1CC[C@H]2CN1C(=O)N2O. The number of hydrazine groups is 1. The monoisotopic (exact) mass is 310 g/mol. The van der Waals surface area contributed by atoms with Crippen LogP contribution < -0.4 is 10.9 Å². The molecule has 21 heavy (non-hydrogen) atoms. The first-order valence-corrected chi connectivity index (χ1v) is 6.13. The first-order chi connectivity index (χ1) is 9.69. The number of amides is 4. The van der Waals surface area contributed by atoms with E-state index in [0.717, 1.165) is 4.90 Å². The van der Waals surface area contributed by atoms with Crippen molar-refractivity contribution in [2.75, 3.05) is 6.54 Å². The molecular formula is C10H13F3N4O4. The topological polar surface area (TPSA) is 102 Å². The number of alkyl halides is 3. The van der Waals surface area contributed by atoms with E-state index < -0.39 is 36.5 Å². The molecule has 2 aliphatic rings. The highest BCUT2D eigenvalue weighted by molar-refractivity contribution is 5.89. The molecule has 0 aliphatic carbocycles. The largest absolute Gasteiger partial charge is 0.397 e. The summed E-state index contributed by atoms with van der Waals surface area (Å²) in [5.74, 6) is -2.20. The third kappa shape index (κ3) is 3.35. The van der Waals surface area contributed by atoms with Gasteiger partial charge in [0.15, 0.2) is 0 Å². The van der Waals surface area contributed by atoms with Gasteiger partial charge in [-0.05, 0) is 12.8 Å². The maximum atomic E-state index is 11.9. The summed E-state index contributed by atoms with van der Waals surface area (Å²) >= 11 is 0. The van der Waals surface area contributed by atoms with Crippen LogP contribution in [0.3, 0.4) is 0 Å². The lowest BCUT2D eigenvalue weighted by Crippen LogP contribution is -2.54. The normalized spacial score (nSPS) is 25.0. The predicted octanol–water partition coefficient (Wildman–Crippen LogP) is -0.256. The van der Waals surface area contributed by atoms with Gasteiger partial charge in [0.05, 0.1) is 6.04 Å². The summed E-state index contributed by atoms with van der Waals surface area (Å²) in [6, 6.07) is -2.06. The third-order valence-electron chi connectivity index (χ3n) is 3.33. The summed E-state index contributed by atoms with van der Waals surface area (Å²) in [5, 5.41) is 9.97. The number of urea groups is 1. The van der Waals surface area contributed by atoms with E-state index in [0.29, 0.717) is 11.5 Å². The Morgan fingerprint density at radius 2 is 1.95 bits per heavy atom. The van der Waals surface area contributed by atoms with Crippen molar-refractivity contribution in [2.24, 2.45) is 0 Å². The Kier molecular flexibility index (Phi) is 3.94. The molecule has 0 saturated carbocycles. The lowest BCUT2D eigenvalue weighted by atomic mass is 10.0. The molecular weight excluding hydrogens is 297 g/mol. The molecule has 0 spiro atoms. The fourth-order valence-corrected chi connectivity index (χ4v) is 2.36. The standard InChI is InChI=1S/C10H13F3N4O4/c11-10(12,13)3-7(18)14-15-8(19)6-2-1-5-4-16(6)9(20)17(5)21/h5-6,21H,1-4H2,(H,14,18)(H,15,19)/t5-,6-/m0/s1. The maximum absolute atomic E-state index is 11.9. The van der Waals surface area contributed by atoms with Crippen LogP contribution in [0.2, 0.25) is 0 Å². The molecule has 2 aliphatic heterocycles. The van der Waals surface area contributed by atoms with E-state index in [1.165, 1.54) is 0 Å². The van der Waals surface area contributed by atoms with Crippen LogP contribution in [0.25, 0.3) is 0 Å². The van der Waals surface area contributed by atoms with E-state index in [9.17, 15) is 32.8 Å². The van der Waals surface area contributed by atoms with E-state index in [2.05, 4.69) is 0 Å². The fraction of sp³-hybridized carbons (Fsp3) is 0.700. The van der Waals surface area contributed by atoms with Crippen molar-refractivity contribution in [1.82, 2.24) is 20.8 Å². The highest BCUT2D eigenvalue weighted by Gasteiger charge is 2.46. The summed E-state index contributed by atoms with van der Waals surface area (Å²) in [7, 11) is 0. The third-order valence-corrected chi connectivity index (χ3v) is 3.33. The van der Waals surface area contributed by atoms with Gasteiger partial charge in [-0.3, -0.25) is 25.6 Å². The molecule has 2 heterocycles. The quantitative estimate of drug-likeness (QED) is 0.483. The van der Waals surface area contributed by atoms with Crippen molar-refractivity contribution < 1.29 is 32.8 Å². The van der Waals surface area contributed by atoms with Crippen molar-refractivity contribution in [3.8, 4) is 0 Å². The Balaban J connectivity index is 1.87. The number of piperidine rings is 1. The van der Waals surface area contributed by atoms with E-state index in [1.54, 1.807) is 5.43 Å². The van der Waals surface area contributed by atoms with Gasteiger partial charge >= 0.3 is 12.2 Å². The number of fused-ring (bicyclic) bond motifs is 2. The minimum atomic E-state index is -4.67. The zero-order valence-electron chi connectivity index (χ0n) is 10.7. The molecule has 2 bridgehead atoms. The van der Waals surface area contributed by atoms with Gasteiger partial charge < -0.3 is 4.90 Å². The van der Waals surface area contributed by atoms with Gasteiger partial charge in [-0.15, -0.1) is 0 Å². The van der Waals surface area contributed by atoms with E-state index in [4.69, 9.17) is 0 Å². The zero-order chi connectivity index (χ0) is 15.8. The Hall–Kier alpha value is -2.04. The zero-order valence-corrected chi connectivity index (χ0v) is 10.7. The predicted molar refractivity (Wildman–Crippen MR) is 59.5 cm³/mol. The Morgan fingerprint density at radius 1 is 1.29 bits per heavy atom. The Bertz CT molecular complexity index is 470. The van der Waals surface area contributed by atoms with Gasteiger partial charge in [0, 0.05) is 6.54 Å². The van der Waals surface area contributed by atoms with E-state index in [1.807, 2.05) is 5.43 Å². The molecule has 2 atom stereocenters. The van der Waals surface area contributed by atoms with Crippen molar-refractivity contribution >= 4 is 17.8 Å². The average molecular weight is 310 g/mol. The van der Waals surface area contributed by atoms with Crippen molar-refractivity contribution in [2.45, 2.75) is 37.5 Å². The number of hydrogen-bond acceptors (Lipinski definition) is 4. The van der Waals surface area contributed by atoms with Gasteiger partial charge in [-0.1, -0.05) is 0 Å². The molecule has 3 N–H and O–H groups in total. The number of nitrogens with zero attached hydrogens (tertiary/aromatic N) is 2. The first kappa shape index (κ1) is 15.4. The lowest BCUT2D eigenvalue weighted by Gasteiger charge is -2.29. The summed E-state index contributed by atoms with van der Waals surface area (Å²) in [5.41, 5.74) is 3.51. The summed E-state index contributed by atoms with van der Waals surface area (Å²) in [6.45, 7) is 0.157. The van der Waals surface area contributed by atoms with Crippen LogP contribution in [0.5, 0.6) is 0 Å². The van der Waals surface area contributed by atoms with Crippen molar-refractivity contribution in [3.63, 3.8) is 0 Å². The Morgan fingerprint density at radius 3 is 2.57 bits per heavy atom. The van der Waals surface area contributed by atoms with Gasteiger partial charge in [-0.25, -0.2) is 9.86 Å². The number of rotatable bonds is 2. The molecule has 11 heteroatoms. The molecule has 0 radical (unpaired) electrons. The lowest BCUT2D eigenvalue weighted by molar-refractivity contribution is -0.155. The van der Waals surface area contributed by atoms with Gasteiger partial charge in [0.2, 0.25) is 5.91 Å². The minimum absolute atomic E-state index is 0.157. The molecule has 4 amide bonds. The number of carbonyl (C=O) groups excluding carboxylic acids is 3.